The second kappa shape index (κ2) is 9.38. The van der Waals surface area contributed by atoms with E-state index in [1.54, 1.807) is 7.11 Å². The molecule has 0 atom stereocenters. The highest BCUT2D eigenvalue weighted by atomic mass is 16.5. The fourth-order valence-corrected chi connectivity index (χ4v) is 2.99. The second-order valence-electron chi connectivity index (χ2n) is 6.63. The van der Waals surface area contributed by atoms with Crippen molar-refractivity contribution in [3.8, 4) is 0 Å². The summed E-state index contributed by atoms with van der Waals surface area (Å²) >= 11 is 0. The number of ether oxygens (including phenoxy) is 1. The van der Waals surface area contributed by atoms with E-state index in [9.17, 15) is 4.79 Å². The Morgan fingerprint density at radius 2 is 1.81 bits per heavy atom. The molecule has 124 valence electrons. The van der Waals surface area contributed by atoms with Crippen LogP contribution in [0.1, 0.15) is 44.9 Å². The Morgan fingerprint density at radius 3 is 2.38 bits per heavy atom. The summed E-state index contributed by atoms with van der Waals surface area (Å²) in [5, 5.41) is 0. The van der Waals surface area contributed by atoms with E-state index >= 15 is 0 Å². The average Bonchev–Trinajstić information content (AvgIpc) is 2.42. The van der Waals surface area contributed by atoms with Crippen LogP contribution in [0.3, 0.4) is 0 Å². The average molecular weight is 299 g/mol. The van der Waals surface area contributed by atoms with E-state index in [1.165, 1.54) is 6.42 Å². The second-order valence-corrected chi connectivity index (χ2v) is 6.63. The van der Waals surface area contributed by atoms with Crippen molar-refractivity contribution in [3.05, 3.63) is 0 Å². The quantitative estimate of drug-likeness (QED) is 0.700. The topological polar surface area (TPSA) is 58.8 Å². The van der Waals surface area contributed by atoms with Gasteiger partial charge in [-0.25, -0.2) is 0 Å². The van der Waals surface area contributed by atoms with Crippen LogP contribution in [-0.2, 0) is 9.53 Å². The molecule has 0 bridgehead atoms. The summed E-state index contributed by atoms with van der Waals surface area (Å²) in [6, 6.07) is 0. The van der Waals surface area contributed by atoms with E-state index < -0.39 is 0 Å². The number of carbonyl (C=O) groups is 1. The molecular weight excluding hydrogens is 266 g/mol. The van der Waals surface area contributed by atoms with Crippen LogP contribution < -0.4 is 5.73 Å². The van der Waals surface area contributed by atoms with Crippen molar-refractivity contribution in [1.29, 1.82) is 0 Å². The lowest BCUT2D eigenvalue weighted by molar-refractivity contribution is -0.133. The number of nitrogens with zero attached hydrogens (tertiary/aromatic N) is 2. The molecule has 0 radical (unpaired) electrons. The lowest BCUT2D eigenvalue weighted by Crippen LogP contribution is -2.47. The summed E-state index contributed by atoms with van der Waals surface area (Å²) in [5.74, 6) is 0.190. The van der Waals surface area contributed by atoms with Crippen molar-refractivity contribution in [2.75, 3.05) is 47.4 Å². The minimum absolute atomic E-state index is 0.190. The molecule has 2 N–H and O–H groups in total. The van der Waals surface area contributed by atoms with E-state index in [0.717, 1.165) is 45.2 Å². The van der Waals surface area contributed by atoms with Crippen molar-refractivity contribution in [2.45, 2.75) is 50.5 Å². The number of amides is 1. The van der Waals surface area contributed by atoms with E-state index in [4.69, 9.17) is 10.5 Å². The fraction of sp³-hybridized carbons (Fsp3) is 0.938. The first-order valence-corrected chi connectivity index (χ1v) is 8.17. The third-order valence-corrected chi connectivity index (χ3v) is 4.30. The molecule has 1 amide bonds. The van der Waals surface area contributed by atoms with Crippen molar-refractivity contribution in [3.63, 3.8) is 0 Å². The molecule has 0 aromatic heterocycles. The van der Waals surface area contributed by atoms with Gasteiger partial charge in [0.2, 0.25) is 5.91 Å². The fourth-order valence-electron chi connectivity index (χ4n) is 2.99. The van der Waals surface area contributed by atoms with Gasteiger partial charge in [-0.2, -0.15) is 0 Å². The van der Waals surface area contributed by atoms with Gasteiger partial charge in [-0.3, -0.25) is 4.79 Å². The molecule has 0 heterocycles. The smallest absolute Gasteiger partial charge is 0.224 e. The Morgan fingerprint density at radius 1 is 1.14 bits per heavy atom. The zero-order valence-electron chi connectivity index (χ0n) is 14.1. The highest BCUT2D eigenvalue weighted by Gasteiger charge is 2.31. The van der Waals surface area contributed by atoms with Crippen molar-refractivity contribution in [1.82, 2.24) is 9.80 Å². The maximum absolute atomic E-state index is 12.6. The molecule has 0 saturated heterocycles. The standard InChI is InChI=1S/C16H33N3O2/c1-18(2)10-7-11-19(12-13-21-3)15(20)14-16(17)8-5-4-6-9-16/h4-14,17H2,1-3H3. The van der Waals surface area contributed by atoms with Crippen molar-refractivity contribution >= 4 is 5.91 Å². The normalized spacial score (nSPS) is 18.0. The van der Waals surface area contributed by atoms with Crippen LogP contribution in [0.15, 0.2) is 0 Å². The number of carbonyl (C=O) groups excluding carboxylic acids is 1. The molecule has 0 spiro atoms. The summed E-state index contributed by atoms with van der Waals surface area (Å²) in [4.78, 5) is 16.6. The van der Waals surface area contributed by atoms with Crippen molar-refractivity contribution < 1.29 is 9.53 Å². The molecule has 1 aliphatic rings. The number of rotatable bonds is 9. The number of methoxy groups -OCH3 is 1. The Labute approximate surface area is 129 Å². The van der Waals surface area contributed by atoms with Crippen LogP contribution in [0.5, 0.6) is 0 Å². The first-order valence-electron chi connectivity index (χ1n) is 8.17. The molecular formula is C16H33N3O2. The van der Waals surface area contributed by atoms with Crippen molar-refractivity contribution in [2.24, 2.45) is 5.73 Å². The van der Waals surface area contributed by atoms with Crippen LogP contribution in [0.4, 0.5) is 0 Å². The Balaban J connectivity index is 2.48. The largest absolute Gasteiger partial charge is 0.383 e. The molecule has 21 heavy (non-hydrogen) atoms. The monoisotopic (exact) mass is 299 g/mol. The molecule has 1 rings (SSSR count). The number of hydrogen-bond donors (Lipinski definition) is 1. The van der Waals surface area contributed by atoms with Gasteiger partial charge in [-0.05, 0) is 39.9 Å². The van der Waals surface area contributed by atoms with E-state index in [-0.39, 0.29) is 11.4 Å². The van der Waals surface area contributed by atoms with Gasteiger partial charge >= 0.3 is 0 Å². The van der Waals surface area contributed by atoms with Gasteiger partial charge in [0.1, 0.15) is 0 Å². The first-order chi connectivity index (χ1) is 9.97. The summed E-state index contributed by atoms with van der Waals surface area (Å²) < 4.78 is 5.13. The highest BCUT2D eigenvalue weighted by molar-refractivity contribution is 5.77. The summed E-state index contributed by atoms with van der Waals surface area (Å²) in [6.45, 7) is 3.03. The molecule has 0 aromatic carbocycles. The molecule has 0 unspecified atom stereocenters. The minimum atomic E-state index is -0.276. The number of nitrogens with two attached hydrogens (primary N) is 1. The molecule has 1 aliphatic carbocycles. The first kappa shape index (κ1) is 18.4. The van der Waals surface area contributed by atoms with Gasteiger partial charge in [0, 0.05) is 32.2 Å². The lowest BCUT2D eigenvalue weighted by Gasteiger charge is -2.35. The van der Waals surface area contributed by atoms with Gasteiger partial charge in [-0.1, -0.05) is 19.3 Å². The Bertz CT molecular complexity index is 302. The third kappa shape index (κ3) is 7.25. The van der Waals surface area contributed by atoms with Gasteiger partial charge in [0.05, 0.1) is 6.61 Å². The predicted octanol–water partition coefficient (Wildman–Crippen LogP) is 1.46. The maximum Gasteiger partial charge on any atom is 0.224 e. The van der Waals surface area contributed by atoms with Crippen LogP contribution in [0, 0.1) is 0 Å². The highest BCUT2D eigenvalue weighted by Crippen LogP contribution is 2.29. The Kier molecular flexibility index (Phi) is 8.22. The molecule has 0 aliphatic heterocycles. The predicted molar refractivity (Wildman–Crippen MR) is 86.2 cm³/mol. The van der Waals surface area contributed by atoms with E-state index in [2.05, 4.69) is 19.0 Å². The summed E-state index contributed by atoms with van der Waals surface area (Å²) in [6.07, 6.45) is 7.00. The van der Waals surface area contributed by atoms with Gasteiger partial charge in [0.15, 0.2) is 0 Å². The zero-order chi connectivity index (χ0) is 15.7. The Hall–Kier alpha value is -0.650. The lowest BCUT2D eigenvalue weighted by atomic mass is 9.80. The van der Waals surface area contributed by atoms with Gasteiger partial charge < -0.3 is 20.3 Å². The summed E-state index contributed by atoms with van der Waals surface area (Å²) in [5.41, 5.74) is 6.14. The molecule has 5 nitrogen and oxygen atoms in total. The van der Waals surface area contributed by atoms with Crippen LogP contribution in [0.25, 0.3) is 0 Å². The SMILES string of the molecule is COCCN(CCCN(C)C)C(=O)CC1(N)CCCCC1. The zero-order valence-corrected chi connectivity index (χ0v) is 14.1. The molecule has 1 fully saturated rings. The van der Waals surface area contributed by atoms with E-state index in [1.807, 2.05) is 4.90 Å². The molecule has 1 saturated carbocycles. The molecule has 0 aromatic rings. The van der Waals surface area contributed by atoms with Crippen LogP contribution in [-0.4, -0.2) is 68.7 Å². The number of hydrogen-bond acceptors (Lipinski definition) is 4. The molecule has 5 heteroatoms. The maximum atomic E-state index is 12.6. The minimum Gasteiger partial charge on any atom is -0.383 e. The van der Waals surface area contributed by atoms with Crippen LogP contribution >= 0.6 is 0 Å². The van der Waals surface area contributed by atoms with Crippen LogP contribution in [0.2, 0.25) is 0 Å². The van der Waals surface area contributed by atoms with E-state index in [0.29, 0.717) is 19.6 Å². The summed E-state index contributed by atoms with van der Waals surface area (Å²) in [7, 11) is 5.78. The third-order valence-electron chi connectivity index (χ3n) is 4.30. The van der Waals surface area contributed by atoms with Gasteiger partial charge in [-0.15, -0.1) is 0 Å². The van der Waals surface area contributed by atoms with Gasteiger partial charge in [0.25, 0.3) is 0 Å².